The predicted octanol–water partition coefficient (Wildman–Crippen LogP) is 4.43. The molecule has 1 heterocycles. The number of ether oxygens (including phenoxy) is 1. The highest BCUT2D eigenvalue weighted by atomic mass is 16.5. The van der Waals surface area contributed by atoms with Crippen molar-refractivity contribution >= 4 is 10.9 Å². The fourth-order valence-electron chi connectivity index (χ4n) is 3.95. The summed E-state index contributed by atoms with van der Waals surface area (Å²) in [5, 5.41) is 15.1. The van der Waals surface area contributed by atoms with E-state index in [1.54, 1.807) is 0 Å². The lowest BCUT2D eigenvalue weighted by Crippen LogP contribution is -2.33. The number of aliphatic hydroxyl groups is 1. The van der Waals surface area contributed by atoms with E-state index in [0.717, 1.165) is 28.6 Å². The minimum absolute atomic E-state index is 0.166. The fourth-order valence-corrected chi connectivity index (χ4v) is 3.95. The molecule has 0 aliphatic rings. The molecule has 0 aliphatic heterocycles. The van der Waals surface area contributed by atoms with Crippen LogP contribution in [0, 0.1) is 0 Å². The molecule has 4 aromatic rings. The first kappa shape index (κ1) is 20.2. The number of aromatic nitrogens is 1. The number of rotatable bonds is 9. The van der Waals surface area contributed by atoms with Crippen LogP contribution >= 0.6 is 0 Å². The highest BCUT2D eigenvalue weighted by Gasteiger charge is 2.23. The SMILES string of the molecule is CNC[C@@H](O)[C@H](c1ccccc1)n1ccc2cc(OCCc3ccccc3)ccc21. The van der Waals surface area contributed by atoms with E-state index in [4.69, 9.17) is 4.74 Å². The summed E-state index contributed by atoms with van der Waals surface area (Å²) in [6, 6.07) is 28.6. The highest BCUT2D eigenvalue weighted by Crippen LogP contribution is 2.30. The lowest BCUT2D eigenvalue weighted by Gasteiger charge is -2.26. The molecule has 0 bridgehead atoms. The zero-order valence-electron chi connectivity index (χ0n) is 17.2. The summed E-state index contributed by atoms with van der Waals surface area (Å²) in [5.41, 5.74) is 3.43. The molecule has 0 saturated heterocycles. The Morgan fingerprint density at radius 1 is 0.933 bits per heavy atom. The van der Waals surface area contributed by atoms with Crippen molar-refractivity contribution in [1.82, 2.24) is 9.88 Å². The van der Waals surface area contributed by atoms with Crippen LogP contribution in [0.25, 0.3) is 10.9 Å². The first-order valence-corrected chi connectivity index (χ1v) is 10.4. The van der Waals surface area contributed by atoms with Crippen molar-refractivity contribution in [3.05, 3.63) is 102 Å². The zero-order valence-corrected chi connectivity index (χ0v) is 17.2. The minimum atomic E-state index is -0.546. The van der Waals surface area contributed by atoms with Crippen LogP contribution in [0.15, 0.2) is 91.1 Å². The number of nitrogens with zero attached hydrogens (tertiary/aromatic N) is 1. The Morgan fingerprint density at radius 2 is 1.67 bits per heavy atom. The number of fused-ring (bicyclic) bond motifs is 1. The lowest BCUT2D eigenvalue weighted by atomic mass is 10.0. The molecule has 3 aromatic carbocycles. The molecule has 0 saturated carbocycles. The van der Waals surface area contributed by atoms with Crippen molar-refractivity contribution in [2.24, 2.45) is 0 Å². The van der Waals surface area contributed by atoms with Crippen molar-refractivity contribution in [1.29, 1.82) is 0 Å². The summed E-state index contributed by atoms with van der Waals surface area (Å²) in [6.45, 7) is 1.16. The van der Waals surface area contributed by atoms with Gasteiger partial charge in [0, 0.05) is 30.1 Å². The van der Waals surface area contributed by atoms with Crippen LogP contribution < -0.4 is 10.1 Å². The number of benzene rings is 3. The summed E-state index contributed by atoms with van der Waals surface area (Å²) in [4.78, 5) is 0. The molecule has 0 radical (unpaired) electrons. The van der Waals surface area contributed by atoms with Crippen LogP contribution in [-0.2, 0) is 6.42 Å². The molecule has 2 atom stereocenters. The van der Waals surface area contributed by atoms with E-state index in [2.05, 4.69) is 70.7 Å². The molecule has 4 rings (SSSR count). The van der Waals surface area contributed by atoms with Gasteiger partial charge in [-0.25, -0.2) is 0 Å². The Labute approximate surface area is 177 Å². The fraction of sp³-hybridized carbons (Fsp3) is 0.231. The number of hydrogen-bond acceptors (Lipinski definition) is 3. The van der Waals surface area contributed by atoms with Crippen LogP contribution in [0.5, 0.6) is 5.75 Å². The number of nitrogens with one attached hydrogen (secondary N) is 1. The van der Waals surface area contributed by atoms with Gasteiger partial charge >= 0.3 is 0 Å². The normalized spacial score (nSPS) is 13.3. The van der Waals surface area contributed by atoms with Crippen molar-refractivity contribution in [2.75, 3.05) is 20.2 Å². The van der Waals surface area contributed by atoms with Crippen LogP contribution in [0.4, 0.5) is 0 Å². The molecular weight excluding hydrogens is 372 g/mol. The zero-order chi connectivity index (χ0) is 20.8. The van der Waals surface area contributed by atoms with Gasteiger partial charge in [-0.3, -0.25) is 0 Å². The molecule has 4 heteroatoms. The van der Waals surface area contributed by atoms with Gasteiger partial charge in [0.2, 0.25) is 0 Å². The second kappa shape index (κ2) is 9.61. The van der Waals surface area contributed by atoms with E-state index in [0.29, 0.717) is 13.2 Å². The quantitative estimate of drug-likeness (QED) is 0.437. The highest BCUT2D eigenvalue weighted by molar-refractivity contribution is 5.82. The predicted molar refractivity (Wildman–Crippen MR) is 122 cm³/mol. The van der Waals surface area contributed by atoms with E-state index in [1.807, 2.05) is 37.4 Å². The van der Waals surface area contributed by atoms with E-state index in [-0.39, 0.29) is 6.04 Å². The van der Waals surface area contributed by atoms with Crippen LogP contribution in [-0.4, -0.2) is 36.0 Å². The van der Waals surface area contributed by atoms with E-state index in [1.165, 1.54) is 5.56 Å². The van der Waals surface area contributed by atoms with Crippen molar-refractivity contribution < 1.29 is 9.84 Å². The smallest absolute Gasteiger partial charge is 0.120 e. The standard InChI is InChI=1S/C26H28N2O2/c1-27-19-25(29)26(21-10-6-3-7-11-21)28-16-14-22-18-23(12-13-24(22)28)30-17-15-20-8-4-2-5-9-20/h2-14,16,18,25-27,29H,15,17,19H2,1H3/t25-,26+/m1/s1. The molecule has 4 nitrogen and oxygen atoms in total. The van der Waals surface area contributed by atoms with Gasteiger partial charge in [-0.05, 0) is 42.4 Å². The Hall–Kier alpha value is -3.08. The van der Waals surface area contributed by atoms with Crippen molar-refractivity contribution in [2.45, 2.75) is 18.6 Å². The van der Waals surface area contributed by atoms with Gasteiger partial charge in [-0.2, -0.15) is 0 Å². The molecule has 0 amide bonds. The van der Waals surface area contributed by atoms with Crippen molar-refractivity contribution in [3.8, 4) is 5.75 Å². The maximum absolute atomic E-state index is 10.9. The average Bonchev–Trinajstić information content (AvgIpc) is 3.19. The van der Waals surface area contributed by atoms with Gasteiger partial charge in [0.05, 0.1) is 18.8 Å². The Morgan fingerprint density at radius 3 is 2.40 bits per heavy atom. The maximum atomic E-state index is 10.9. The average molecular weight is 401 g/mol. The Kier molecular flexibility index (Phi) is 6.47. The van der Waals surface area contributed by atoms with Gasteiger partial charge < -0.3 is 19.7 Å². The summed E-state index contributed by atoms with van der Waals surface area (Å²) in [7, 11) is 1.86. The largest absolute Gasteiger partial charge is 0.493 e. The third-order valence-electron chi connectivity index (χ3n) is 5.41. The van der Waals surface area contributed by atoms with E-state index in [9.17, 15) is 5.11 Å². The second-order valence-corrected chi connectivity index (χ2v) is 7.51. The van der Waals surface area contributed by atoms with Gasteiger partial charge in [0.1, 0.15) is 5.75 Å². The second-order valence-electron chi connectivity index (χ2n) is 7.51. The monoisotopic (exact) mass is 400 g/mol. The molecule has 2 N–H and O–H groups in total. The van der Waals surface area contributed by atoms with Crippen molar-refractivity contribution in [3.63, 3.8) is 0 Å². The third kappa shape index (κ3) is 4.56. The molecular formula is C26H28N2O2. The van der Waals surface area contributed by atoms with Gasteiger partial charge in [-0.1, -0.05) is 60.7 Å². The molecule has 0 fully saturated rings. The summed E-state index contributed by atoms with van der Waals surface area (Å²) >= 11 is 0. The third-order valence-corrected chi connectivity index (χ3v) is 5.41. The number of hydrogen-bond donors (Lipinski definition) is 2. The van der Waals surface area contributed by atoms with Crippen LogP contribution in [0.2, 0.25) is 0 Å². The summed E-state index contributed by atoms with van der Waals surface area (Å²) in [5.74, 6) is 0.864. The Balaban J connectivity index is 1.55. The topological polar surface area (TPSA) is 46.4 Å². The Bertz CT molecular complexity index is 1060. The first-order chi connectivity index (χ1) is 14.8. The van der Waals surface area contributed by atoms with Crippen LogP contribution in [0.1, 0.15) is 17.2 Å². The van der Waals surface area contributed by atoms with Gasteiger partial charge in [0.15, 0.2) is 0 Å². The number of aliphatic hydroxyl groups excluding tert-OH is 1. The molecule has 1 aromatic heterocycles. The maximum Gasteiger partial charge on any atom is 0.120 e. The number of likely N-dealkylation sites (N-methyl/N-ethyl adjacent to an activating group) is 1. The molecule has 30 heavy (non-hydrogen) atoms. The van der Waals surface area contributed by atoms with Crippen LogP contribution in [0.3, 0.4) is 0 Å². The lowest BCUT2D eigenvalue weighted by molar-refractivity contribution is 0.132. The van der Waals surface area contributed by atoms with E-state index < -0.39 is 6.10 Å². The summed E-state index contributed by atoms with van der Waals surface area (Å²) < 4.78 is 8.14. The minimum Gasteiger partial charge on any atom is -0.493 e. The molecule has 0 aliphatic carbocycles. The summed E-state index contributed by atoms with van der Waals surface area (Å²) in [6.07, 6.45) is 2.39. The molecule has 0 unspecified atom stereocenters. The van der Waals surface area contributed by atoms with Gasteiger partial charge in [-0.15, -0.1) is 0 Å². The van der Waals surface area contributed by atoms with Gasteiger partial charge in [0.25, 0.3) is 0 Å². The molecule has 0 spiro atoms. The first-order valence-electron chi connectivity index (χ1n) is 10.4. The molecule has 154 valence electrons. The van der Waals surface area contributed by atoms with E-state index >= 15 is 0 Å².